The van der Waals surface area contributed by atoms with Crippen molar-refractivity contribution in [1.82, 2.24) is 10.1 Å². The zero-order chi connectivity index (χ0) is 9.68. The summed E-state index contributed by atoms with van der Waals surface area (Å²) in [6, 6.07) is 0. The van der Waals surface area contributed by atoms with Crippen LogP contribution in [-0.2, 0) is 4.74 Å². The smallest absolute Gasteiger partial charge is 0.314 e. The predicted octanol–water partition coefficient (Wildman–Crippen LogP) is 2.61. The first-order chi connectivity index (χ1) is 6.27. The number of nitrogens with zero attached hydrogens (tertiary/aromatic N) is 1. The molecule has 1 atom stereocenters. The minimum absolute atomic E-state index is 0.0181. The number of hydrogen-bond acceptors (Lipinski definition) is 4. The van der Waals surface area contributed by atoms with Crippen molar-refractivity contribution in [1.29, 1.82) is 0 Å². The van der Waals surface area contributed by atoms with Gasteiger partial charge in [0.2, 0.25) is 0 Å². The molecule has 74 valence electrons. The quantitative estimate of drug-likeness (QED) is 0.746. The number of aromatic nitrogens is 2. The average Bonchev–Trinajstić information content (AvgIpc) is 2.51. The van der Waals surface area contributed by atoms with E-state index in [-0.39, 0.29) is 10.9 Å². The molecular weight excluding hydrogens is 188 g/mol. The van der Waals surface area contributed by atoms with Crippen molar-refractivity contribution in [3.63, 3.8) is 0 Å². The number of ether oxygens (including phenoxy) is 1. The second-order valence-corrected chi connectivity index (χ2v) is 3.05. The van der Waals surface area contributed by atoms with Crippen molar-refractivity contribution in [3.8, 4) is 0 Å². The molecule has 0 saturated carbocycles. The van der Waals surface area contributed by atoms with E-state index in [4.69, 9.17) is 21.5 Å². The Kier molecular flexibility index (Phi) is 4.11. The lowest BCUT2D eigenvalue weighted by Crippen LogP contribution is -2.05. The van der Waals surface area contributed by atoms with E-state index < -0.39 is 0 Å². The van der Waals surface area contributed by atoms with Crippen molar-refractivity contribution >= 4 is 12.2 Å². The Morgan fingerprint density at radius 3 is 2.85 bits per heavy atom. The number of aromatic amines is 1. The van der Waals surface area contributed by atoms with Gasteiger partial charge in [-0.1, -0.05) is 13.3 Å². The van der Waals surface area contributed by atoms with Gasteiger partial charge in [0.05, 0.1) is 0 Å². The Morgan fingerprint density at radius 1 is 1.62 bits per heavy atom. The molecule has 0 aromatic carbocycles. The van der Waals surface area contributed by atoms with Gasteiger partial charge in [0.15, 0.2) is 5.82 Å². The molecule has 0 aliphatic carbocycles. The highest BCUT2D eigenvalue weighted by Gasteiger charge is 2.13. The van der Waals surface area contributed by atoms with E-state index in [0.717, 1.165) is 12.8 Å². The van der Waals surface area contributed by atoms with Crippen LogP contribution in [0.3, 0.4) is 0 Å². The summed E-state index contributed by atoms with van der Waals surface area (Å²) in [5, 5.41) is 2.66. The molecule has 1 unspecified atom stereocenters. The van der Waals surface area contributed by atoms with E-state index in [0.29, 0.717) is 12.4 Å². The molecule has 0 saturated heterocycles. The van der Waals surface area contributed by atoms with Crippen molar-refractivity contribution in [2.24, 2.45) is 0 Å². The molecule has 0 aliphatic rings. The molecule has 0 aliphatic heterocycles. The highest BCUT2D eigenvalue weighted by molar-refractivity contribution is 7.71. The Hall–Kier alpha value is -0.680. The molecule has 0 spiro atoms. The van der Waals surface area contributed by atoms with Crippen LogP contribution in [0.5, 0.6) is 0 Å². The summed E-state index contributed by atoms with van der Waals surface area (Å²) < 4.78 is 10.3. The molecule has 4 nitrogen and oxygen atoms in total. The Bertz CT molecular complexity index is 288. The fraction of sp³-hybridized carbons (Fsp3) is 0.750. The molecule has 1 aromatic heterocycles. The molecule has 0 radical (unpaired) electrons. The van der Waals surface area contributed by atoms with Crippen LogP contribution >= 0.6 is 12.2 Å². The summed E-state index contributed by atoms with van der Waals surface area (Å²) in [5.41, 5.74) is 0. The van der Waals surface area contributed by atoms with Crippen LogP contribution in [0.15, 0.2) is 4.52 Å². The van der Waals surface area contributed by atoms with Gasteiger partial charge in [-0.25, -0.2) is 5.16 Å². The molecule has 1 rings (SSSR count). The van der Waals surface area contributed by atoms with Crippen LogP contribution in [0.2, 0.25) is 0 Å². The van der Waals surface area contributed by atoms with E-state index in [1.165, 1.54) is 0 Å². The van der Waals surface area contributed by atoms with E-state index in [9.17, 15) is 0 Å². The molecule has 5 heteroatoms. The SMILES string of the molecule is CCCC(OCC)c1nc(=S)o[nH]1. The van der Waals surface area contributed by atoms with Crippen molar-refractivity contribution in [2.75, 3.05) is 6.61 Å². The lowest BCUT2D eigenvalue weighted by Gasteiger charge is -2.11. The lowest BCUT2D eigenvalue weighted by atomic mass is 10.2. The second kappa shape index (κ2) is 5.14. The first-order valence-electron chi connectivity index (χ1n) is 4.45. The lowest BCUT2D eigenvalue weighted by molar-refractivity contribution is 0.0478. The minimum atomic E-state index is -0.0181. The monoisotopic (exact) mass is 202 g/mol. The summed E-state index contributed by atoms with van der Waals surface area (Å²) in [6.45, 7) is 4.72. The van der Waals surface area contributed by atoms with Crippen LogP contribution in [0, 0.1) is 4.84 Å². The van der Waals surface area contributed by atoms with Crippen LogP contribution in [0.25, 0.3) is 0 Å². The summed E-state index contributed by atoms with van der Waals surface area (Å²) in [4.78, 5) is 4.25. The summed E-state index contributed by atoms with van der Waals surface area (Å²) in [6.07, 6.45) is 1.94. The Morgan fingerprint density at radius 2 is 2.38 bits per heavy atom. The van der Waals surface area contributed by atoms with Crippen LogP contribution < -0.4 is 0 Å². The van der Waals surface area contributed by atoms with Crippen LogP contribution in [0.4, 0.5) is 0 Å². The average molecular weight is 202 g/mol. The van der Waals surface area contributed by atoms with Gasteiger partial charge in [-0.05, 0) is 25.6 Å². The fourth-order valence-electron chi connectivity index (χ4n) is 1.14. The number of rotatable bonds is 5. The summed E-state index contributed by atoms with van der Waals surface area (Å²) >= 11 is 4.76. The third-order valence-corrected chi connectivity index (χ3v) is 1.85. The van der Waals surface area contributed by atoms with Crippen molar-refractivity contribution < 1.29 is 9.26 Å². The largest absolute Gasteiger partial charge is 0.370 e. The third kappa shape index (κ3) is 2.93. The predicted molar refractivity (Wildman–Crippen MR) is 51.0 cm³/mol. The third-order valence-electron chi connectivity index (χ3n) is 1.68. The summed E-state index contributed by atoms with van der Waals surface area (Å²) in [5.74, 6) is 0.689. The van der Waals surface area contributed by atoms with Gasteiger partial charge < -0.3 is 9.26 Å². The topological polar surface area (TPSA) is 51.1 Å². The van der Waals surface area contributed by atoms with E-state index in [2.05, 4.69) is 17.1 Å². The van der Waals surface area contributed by atoms with Crippen molar-refractivity contribution in [2.45, 2.75) is 32.8 Å². The van der Waals surface area contributed by atoms with Gasteiger partial charge in [0, 0.05) is 6.61 Å². The van der Waals surface area contributed by atoms with Gasteiger partial charge in [-0.15, -0.1) is 0 Å². The molecule has 1 heterocycles. The molecular formula is C8H14N2O2S. The number of hydrogen-bond donors (Lipinski definition) is 1. The maximum Gasteiger partial charge on any atom is 0.314 e. The Balaban J connectivity index is 2.69. The standard InChI is InChI=1S/C8H14N2O2S/c1-3-5-6(11-4-2)7-9-8(13)12-10-7/h6H,3-5H2,1-2H3,(H,9,10,13). The van der Waals surface area contributed by atoms with E-state index >= 15 is 0 Å². The zero-order valence-electron chi connectivity index (χ0n) is 7.87. The van der Waals surface area contributed by atoms with Gasteiger partial charge in [0.25, 0.3) is 0 Å². The number of nitrogens with one attached hydrogen (secondary N) is 1. The highest BCUT2D eigenvalue weighted by atomic mass is 32.1. The molecule has 13 heavy (non-hydrogen) atoms. The first-order valence-corrected chi connectivity index (χ1v) is 4.85. The fourth-order valence-corrected chi connectivity index (χ4v) is 1.28. The maximum atomic E-state index is 5.48. The first kappa shape index (κ1) is 10.4. The molecule has 0 bridgehead atoms. The molecule has 0 fully saturated rings. The molecule has 0 amide bonds. The van der Waals surface area contributed by atoms with Crippen LogP contribution in [0.1, 0.15) is 38.6 Å². The Labute approximate surface area is 82.3 Å². The van der Waals surface area contributed by atoms with E-state index in [1.54, 1.807) is 0 Å². The summed E-state index contributed by atoms with van der Waals surface area (Å²) in [7, 11) is 0. The van der Waals surface area contributed by atoms with E-state index in [1.807, 2.05) is 6.92 Å². The molecule has 1 N–H and O–H groups in total. The van der Waals surface area contributed by atoms with Crippen LogP contribution in [-0.4, -0.2) is 16.7 Å². The van der Waals surface area contributed by atoms with Crippen molar-refractivity contribution in [3.05, 3.63) is 10.7 Å². The molecule has 1 aromatic rings. The number of H-pyrrole nitrogens is 1. The van der Waals surface area contributed by atoms with Gasteiger partial charge in [-0.3, -0.25) is 0 Å². The highest BCUT2D eigenvalue weighted by Crippen LogP contribution is 2.18. The van der Waals surface area contributed by atoms with Gasteiger partial charge in [-0.2, -0.15) is 4.98 Å². The van der Waals surface area contributed by atoms with Gasteiger partial charge >= 0.3 is 4.84 Å². The maximum absolute atomic E-state index is 5.48. The van der Waals surface area contributed by atoms with Gasteiger partial charge in [0.1, 0.15) is 6.10 Å². The zero-order valence-corrected chi connectivity index (χ0v) is 8.69. The second-order valence-electron chi connectivity index (χ2n) is 2.70. The normalized spacial score (nSPS) is 13.1. The minimum Gasteiger partial charge on any atom is -0.370 e.